The van der Waals surface area contributed by atoms with Crippen LogP contribution < -0.4 is 0 Å². The van der Waals surface area contributed by atoms with Gasteiger partial charge in [0.2, 0.25) is 0 Å². The Morgan fingerprint density at radius 1 is 1.07 bits per heavy atom. The Morgan fingerprint density at radius 2 is 1.67 bits per heavy atom. The van der Waals surface area contributed by atoms with Gasteiger partial charge in [-0.1, -0.05) is 38.1 Å². The van der Waals surface area contributed by atoms with E-state index in [2.05, 4.69) is 53.0 Å². The van der Waals surface area contributed by atoms with Crippen LogP contribution in [0.5, 0.6) is 0 Å². The lowest BCUT2D eigenvalue weighted by Crippen LogP contribution is -2.46. The summed E-state index contributed by atoms with van der Waals surface area (Å²) in [4.78, 5) is 15.6. The summed E-state index contributed by atoms with van der Waals surface area (Å²) in [5, 5.41) is 15.5. The van der Waals surface area contributed by atoms with Gasteiger partial charge >= 0.3 is 5.69 Å². The molecule has 0 spiro atoms. The standard InChI is InChI=1S/C20H29N5O2/c1-15(2)19-7-5-18(6-8-19)13-22-9-11-23(12-10-22)14-24-17(4)20(25(26)27)16(3)21-24/h5-8,15H,9-14H2,1-4H3. The normalized spacial score (nSPS) is 16.2. The minimum Gasteiger partial charge on any atom is -0.297 e. The maximum absolute atomic E-state index is 11.2. The Balaban J connectivity index is 1.53. The summed E-state index contributed by atoms with van der Waals surface area (Å²) in [5.41, 5.74) is 3.98. The van der Waals surface area contributed by atoms with E-state index in [1.807, 2.05) is 0 Å². The molecular formula is C20H29N5O2. The van der Waals surface area contributed by atoms with Crippen molar-refractivity contribution in [2.45, 2.75) is 46.8 Å². The van der Waals surface area contributed by atoms with Gasteiger partial charge in [0.25, 0.3) is 0 Å². The molecule has 2 aromatic rings. The molecule has 0 N–H and O–H groups in total. The number of rotatable bonds is 6. The first kappa shape index (κ1) is 19.5. The topological polar surface area (TPSA) is 67.4 Å². The van der Waals surface area contributed by atoms with Crippen LogP contribution in [0.25, 0.3) is 0 Å². The first-order valence-electron chi connectivity index (χ1n) is 9.57. The molecule has 0 amide bonds. The van der Waals surface area contributed by atoms with Crippen molar-refractivity contribution >= 4 is 5.69 Å². The summed E-state index contributed by atoms with van der Waals surface area (Å²) in [5.74, 6) is 0.563. The highest BCUT2D eigenvalue weighted by Crippen LogP contribution is 2.22. The summed E-state index contributed by atoms with van der Waals surface area (Å²) >= 11 is 0. The Morgan fingerprint density at radius 3 is 2.19 bits per heavy atom. The number of benzene rings is 1. The predicted octanol–water partition coefficient (Wildman–Crippen LogP) is 3.31. The van der Waals surface area contributed by atoms with Crippen molar-refractivity contribution in [2.75, 3.05) is 26.2 Å². The number of piperazine rings is 1. The molecule has 27 heavy (non-hydrogen) atoms. The molecule has 0 radical (unpaired) electrons. The molecule has 2 heterocycles. The lowest BCUT2D eigenvalue weighted by Gasteiger charge is -2.34. The molecule has 1 aliphatic heterocycles. The van der Waals surface area contributed by atoms with Gasteiger partial charge in [0.1, 0.15) is 11.4 Å². The first-order chi connectivity index (χ1) is 12.8. The Labute approximate surface area is 160 Å². The van der Waals surface area contributed by atoms with Crippen molar-refractivity contribution in [3.63, 3.8) is 0 Å². The van der Waals surface area contributed by atoms with E-state index in [4.69, 9.17) is 0 Å². The molecular weight excluding hydrogens is 342 g/mol. The van der Waals surface area contributed by atoms with Crippen LogP contribution in [0.4, 0.5) is 5.69 Å². The fourth-order valence-corrected chi connectivity index (χ4v) is 3.63. The molecule has 1 aromatic heterocycles. The second-order valence-corrected chi connectivity index (χ2v) is 7.71. The number of aryl methyl sites for hydroxylation is 1. The van der Waals surface area contributed by atoms with Crippen molar-refractivity contribution < 1.29 is 4.92 Å². The third-order valence-electron chi connectivity index (χ3n) is 5.38. The lowest BCUT2D eigenvalue weighted by molar-refractivity contribution is -0.386. The number of nitro groups is 1. The van der Waals surface area contributed by atoms with E-state index in [1.165, 1.54) is 11.1 Å². The molecule has 1 saturated heterocycles. The summed E-state index contributed by atoms with van der Waals surface area (Å²) in [6, 6.07) is 8.92. The van der Waals surface area contributed by atoms with Crippen molar-refractivity contribution in [1.29, 1.82) is 0 Å². The van der Waals surface area contributed by atoms with Crippen molar-refractivity contribution in [2.24, 2.45) is 0 Å². The van der Waals surface area contributed by atoms with Crippen molar-refractivity contribution in [3.05, 3.63) is 56.9 Å². The van der Waals surface area contributed by atoms with E-state index < -0.39 is 0 Å². The first-order valence-corrected chi connectivity index (χ1v) is 9.57. The smallest absolute Gasteiger partial charge is 0.297 e. The quantitative estimate of drug-likeness (QED) is 0.576. The number of aromatic nitrogens is 2. The maximum atomic E-state index is 11.2. The molecule has 7 nitrogen and oxygen atoms in total. The SMILES string of the molecule is Cc1nn(CN2CCN(Cc3ccc(C(C)C)cc3)CC2)c(C)c1[N+](=O)[O-]. The Bertz CT molecular complexity index is 789. The summed E-state index contributed by atoms with van der Waals surface area (Å²) in [7, 11) is 0. The van der Waals surface area contributed by atoms with Gasteiger partial charge in [0.15, 0.2) is 0 Å². The third-order valence-corrected chi connectivity index (χ3v) is 5.38. The zero-order valence-corrected chi connectivity index (χ0v) is 16.7. The largest absolute Gasteiger partial charge is 0.312 e. The zero-order chi connectivity index (χ0) is 19.6. The highest BCUT2D eigenvalue weighted by atomic mass is 16.6. The van der Waals surface area contributed by atoms with Crippen LogP contribution in [0.3, 0.4) is 0 Å². The van der Waals surface area contributed by atoms with Gasteiger partial charge < -0.3 is 0 Å². The van der Waals surface area contributed by atoms with Gasteiger partial charge in [0, 0.05) is 32.7 Å². The predicted molar refractivity (Wildman–Crippen MR) is 106 cm³/mol. The minimum absolute atomic E-state index is 0.137. The molecule has 0 atom stereocenters. The summed E-state index contributed by atoms with van der Waals surface area (Å²) in [6.45, 7) is 13.3. The molecule has 1 aliphatic rings. The molecule has 0 unspecified atom stereocenters. The summed E-state index contributed by atoms with van der Waals surface area (Å²) < 4.78 is 1.76. The Hall–Kier alpha value is -2.25. The van der Waals surface area contributed by atoms with Gasteiger partial charge in [-0.05, 0) is 30.9 Å². The fourth-order valence-electron chi connectivity index (χ4n) is 3.63. The van der Waals surface area contributed by atoms with Crippen molar-refractivity contribution in [1.82, 2.24) is 19.6 Å². The third kappa shape index (κ3) is 4.54. The second kappa shape index (κ2) is 8.19. The zero-order valence-electron chi connectivity index (χ0n) is 16.7. The average Bonchev–Trinajstić information content (AvgIpc) is 2.90. The number of hydrogen-bond acceptors (Lipinski definition) is 5. The molecule has 1 aromatic carbocycles. The molecule has 3 rings (SSSR count). The number of hydrogen-bond donors (Lipinski definition) is 0. The van der Waals surface area contributed by atoms with E-state index in [1.54, 1.807) is 18.5 Å². The van der Waals surface area contributed by atoms with Crippen LogP contribution in [-0.2, 0) is 13.2 Å². The van der Waals surface area contributed by atoms with Crippen molar-refractivity contribution in [3.8, 4) is 0 Å². The van der Waals surface area contributed by atoms with E-state index in [0.717, 1.165) is 32.7 Å². The molecule has 0 saturated carbocycles. The van der Waals surface area contributed by atoms with Crippen LogP contribution >= 0.6 is 0 Å². The minimum atomic E-state index is -0.337. The van der Waals surface area contributed by atoms with E-state index in [9.17, 15) is 10.1 Å². The monoisotopic (exact) mass is 371 g/mol. The van der Waals surface area contributed by atoms with Gasteiger partial charge in [-0.2, -0.15) is 5.10 Å². The van der Waals surface area contributed by atoms with E-state index >= 15 is 0 Å². The van der Waals surface area contributed by atoms with Crippen LogP contribution in [0.1, 0.15) is 42.3 Å². The molecule has 7 heteroatoms. The van der Waals surface area contributed by atoms with Gasteiger partial charge in [0.05, 0.1) is 11.6 Å². The van der Waals surface area contributed by atoms with Gasteiger partial charge in [-0.15, -0.1) is 0 Å². The highest BCUT2D eigenvalue weighted by Gasteiger charge is 2.24. The molecule has 146 valence electrons. The highest BCUT2D eigenvalue weighted by molar-refractivity contribution is 5.39. The van der Waals surface area contributed by atoms with Crippen LogP contribution in [0.15, 0.2) is 24.3 Å². The van der Waals surface area contributed by atoms with Crippen LogP contribution in [0, 0.1) is 24.0 Å². The van der Waals surface area contributed by atoms with Crippen LogP contribution in [-0.4, -0.2) is 50.7 Å². The Kier molecular flexibility index (Phi) is 5.92. The lowest BCUT2D eigenvalue weighted by atomic mass is 10.0. The maximum Gasteiger partial charge on any atom is 0.312 e. The molecule has 0 bridgehead atoms. The molecule has 1 fully saturated rings. The van der Waals surface area contributed by atoms with Gasteiger partial charge in [-0.25, -0.2) is 4.68 Å². The fraction of sp³-hybridized carbons (Fsp3) is 0.550. The summed E-state index contributed by atoms with van der Waals surface area (Å²) in [6.07, 6.45) is 0. The molecule has 0 aliphatic carbocycles. The number of nitrogens with zero attached hydrogens (tertiary/aromatic N) is 5. The van der Waals surface area contributed by atoms with Crippen LogP contribution in [0.2, 0.25) is 0 Å². The van der Waals surface area contributed by atoms with E-state index in [-0.39, 0.29) is 10.6 Å². The van der Waals surface area contributed by atoms with Gasteiger partial charge in [-0.3, -0.25) is 19.9 Å². The second-order valence-electron chi connectivity index (χ2n) is 7.71. The van der Waals surface area contributed by atoms with E-state index in [0.29, 0.717) is 24.0 Å². The average molecular weight is 371 g/mol.